The zero-order valence-electron chi connectivity index (χ0n) is 14.3. The van der Waals surface area contributed by atoms with Crippen molar-refractivity contribution in [3.8, 4) is 0 Å². The fourth-order valence-corrected chi connectivity index (χ4v) is 3.16. The Morgan fingerprint density at radius 2 is 1.92 bits per heavy atom. The van der Waals surface area contributed by atoms with Crippen molar-refractivity contribution >= 4 is 11.7 Å². The third-order valence-corrected chi connectivity index (χ3v) is 4.37. The van der Waals surface area contributed by atoms with E-state index in [4.69, 9.17) is 0 Å². The molecule has 5 heteroatoms. The highest BCUT2D eigenvalue weighted by Crippen LogP contribution is 2.22. The maximum absolute atomic E-state index is 12.7. The molecule has 0 unspecified atom stereocenters. The van der Waals surface area contributed by atoms with Crippen molar-refractivity contribution in [1.82, 2.24) is 14.9 Å². The molecule has 0 saturated heterocycles. The SMILES string of the molecule is Cc1nc(NC2CCCC2)cc(C(=O)N(C)Cc2ccccc2)n1. The van der Waals surface area contributed by atoms with Crippen LogP contribution in [0.5, 0.6) is 0 Å². The molecule has 1 fully saturated rings. The van der Waals surface area contributed by atoms with Crippen LogP contribution in [0.15, 0.2) is 36.4 Å². The van der Waals surface area contributed by atoms with E-state index in [9.17, 15) is 4.79 Å². The van der Waals surface area contributed by atoms with Gasteiger partial charge in [0.2, 0.25) is 0 Å². The van der Waals surface area contributed by atoms with Gasteiger partial charge in [-0.25, -0.2) is 9.97 Å². The average Bonchev–Trinajstić information content (AvgIpc) is 3.07. The molecule has 1 heterocycles. The van der Waals surface area contributed by atoms with Crippen LogP contribution >= 0.6 is 0 Å². The number of aromatic nitrogens is 2. The number of carbonyl (C=O) groups is 1. The second-order valence-electron chi connectivity index (χ2n) is 6.46. The molecule has 1 N–H and O–H groups in total. The van der Waals surface area contributed by atoms with E-state index in [0.717, 1.165) is 11.4 Å². The number of hydrogen-bond donors (Lipinski definition) is 1. The molecule has 24 heavy (non-hydrogen) atoms. The molecule has 1 aromatic carbocycles. The topological polar surface area (TPSA) is 58.1 Å². The van der Waals surface area contributed by atoms with E-state index < -0.39 is 0 Å². The molecule has 0 bridgehead atoms. The molecule has 0 atom stereocenters. The maximum atomic E-state index is 12.7. The Hall–Kier alpha value is -2.43. The Morgan fingerprint density at radius 3 is 2.62 bits per heavy atom. The van der Waals surface area contributed by atoms with Crippen molar-refractivity contribution in [2.24, 2.45) is 0 Å². The second-order valence-corrected chi connectivity index (χ2v) is 6.46. The van der Waals surface area contributed by atoms with Gasteiger partial charge >= 0.3 is 0 Å². The summed E-state index contributed by atoms with van der Waals surface area (Å²) in [4.78, 5) is 23.1. The van der Waals surface area contributed by atoms with Gasteiger partial charge in [0.1, 0.15) is 17.3 Å². The first-order valence-electron chi connectivity index (χ1n) is 8.53. The summed E-state index contributed by atoms with van der Waals surface area (Å²) in [6.45, 7) is 2.39. The third-order valence-electron chi connectivity index (χ3n) is 4.37. The Labute approximate surface area is 143 Å². The average molecular weight is 324 g/mol. The summed E-state index contributed by atoms with van der Waals surface area (Å²) in [7, 11) is 1.80. The molecule has 1 amide bonds. The number of hydrogen-bond acceptors (Lipinski definition) is 4. The first-order chi connectivity index (χ1) is 11.6. The van der Waals surface area contributed by atoms with Gasteiger partial charge in [-0.05, 0) is 25.3 Å². The molecule has 0 spiro atoms. The van der Waals surface area contributed by atoms with Crippen molar-refractivity contribution in [1.29, 1.82) is 0 Å². The molecule has 1 aromatic heterocycles. The summed E-state index contributed by atoms with van der Waals surface area (Å²) in [5.74, 6) is 1.29. The highest BCUT2D eigenvalue weighted by Gasteiger charge is 2.18. The second kappa shape index (κ2) is 7.43. The van der Waals surface area contributed by atoms with Crippen molar-refractivity contribution in [3.63, 3.8) is 0 Å². The summed E-state index contributed by atoms with van der Waals surface area (Å²) < 4.78 is 0. The molecular formula is C19H24N4O. The van der Waals surface area contributed by atoms with E-state index in [0.29, 0.717) is 24.1 Å². The van der Waals surface area contributed by atoms with Gasteiger partial charge in [0.15, 0.2) is 0 Å². The normalized spacial score (nSPS) is 14.6. The minimum Gasteiger partial charge on any atom is -0.367 e. The molecule has 0 radical (unpaired) electrons. The van der Waals surface area contributed by atoms with E-state index in [1.807, 2.05) is 37.3 Å². The van der Waals surface area contributed by atoms with Crippen LogP contribution in [0, 0.1) is 6.92 Å². The van der Waals surface area contributed by atoms with Gasteiger partial charge in [0.25, 0.3) is 5.91 Å². The van der Waals surface area contributed by atoms with Crippen LogP contribution in [0.25, 0.3) is 0 Å². The van der Waals surface area contributed by atoms with Gasteiger partial charge in [0, 0.05) is 25.7 Å². The smallest absolute Gasteiger partial charge is 0.272 e. The Kier molecular flexibility index (Phi) is 5.08. The van der Waals surface area contributed by atoms with Crippen LogP contribution in [0.4, 0.5) is 5.82 Å². The summed E-state index contributed by atoms with van der Waals surface area (Å²) in [6.07, 6.45) is 4.85. The number of rotatable bonds is 5. The zero-order chi connectivity index (χ0) is 16.9. The van der Waals surface area contributed by atoms with Crippen molar-refractivity contribution in [2.45, 2.75) is 45.2 Å². The molecule has 0 aliphatic heterocycles. The molecule has 126 valence electrons. The standard InChI is InChI=1S/C19H24N4O/c1-14-20-17(12-18(21-14)22-16-10-6-7-11-16)19(24)23(2)13-15-8-4-3-5-9-15/h3-5,8-9,12,16H,6-7,10-11,13H2,1-2H3,(H,20,21,22). The van der Waals surface area contributed by atoms with Gasteiger partial charge in [-0.1, -0.05) is 43.2 Å². The van der Waals surface area contributed by atoms with E-state index in [1.165, 1.54) is 25.7 Å². The minimum atomic E-state index is -0.0844. The van der Waals surface area contributed by atoms with Gasteiger partial charge in [-0.3, -0.25) is 4.79 Å². The number of carbonyl (C=O) groups excluding carboxylic acids is 1. The van der Waals surface area contributed by atoms with E-state index >= 15 is 0 Å². The third kappa shape index (κ3) is 4.10. The Balaban J connectivity index is 1.72. The van der Waals surface area contributed by atoms with Gasteiger partial charge in [-0.2, -0.15) is 0 Å². The fourth-order valence-electron chi connectivity index (χ4n) is 3.16. The quantitative estimate of drug-likeness (QED) is 0.915. The first-order valence-corrected chi connectivity index (χ1v) is 8.53. The van der Waals surface area contributed by atoms with Crippen LogP contribution < -0.4 is 5.32 Å². The lowest BCUT2D eigenvalue weighted by Gasteiger charge is -2.18. The monoisotopic (exact) mass is 324 g/mol. The summed E-state index contributed by atoms with van der Waals surface area (Å²) in [5, 5.41) is 3.44. The van der Waals surface area contributed by atoms with Crippen LogP contribution in [0.1, 0.15) is 47.6 Å². The number of nitrogens with one attached hydrogen (secondary N) is 1. The minimum absolute atomic E-state index is 0.0844. The van der Waals surface area contributed by atoms with Gasteiger partial charge < -0.3 is 10.2 Å². The summed E-state index contributed by atoms with van der Waals surface area (Å²) in [6, 6.07) is 12.2. The lowest BCUT2D eigenvalue weighted by atomic mass is 10.2. The molecule has 5 nitrogen and oxygen atoms in total. The van der Waals surface area contributed by atoms with Crippen molar-refractivity contribution < 1.29 is 4.79 Å². The lowest BCUT2D eigenvalue weighted by molar-refractivity contribution is 0.0779. The predicted molar refractivity (Wildman–Crippen MR) is 94.9 cm³/mol. The van der Waals surface area contributed by atoms with Crippen LogP contribution in [0.2, 0.25) is 0 Å². The van der Waals surface area contributed by atoms with Gasteiger partial charge in [-0.15, -0.1) is 0 Å². The Bertz CT molecular complexity index is 696. The van der Waals surface area contributed by atoms with Gasteiger partial charge in [0.05, 0.1) is 0 Å². The number of nitrogens with zero attached hydrogens (tertiary/aromatic N) is 3. The largest absolute Gasteiger partial charge is 0.367 e. The Morgan fingerprint density at radius 1 is 1.21 bits per heavy atom. The molecule has 1 aliphatic rings. The van der Waals surface area contributed by atoms with E-state index in [1.54, 1.807) is 18.0 Å². The first kappa shape index (κ1) is 16.4. The molecular weight excluding hydrogens is 300 g/mol. The maximum Gasteiger partial charge on any atom is 0.272 e. The molecule has 1 aliphatic carbocycles. The number of amides is 1. The summed E-state index contributed by atoms with van der Waals surface area (Å²) >= 11 is 0. The zero-order valence-corrected chi connectivity index (χ0v) is 14.3. The van der Waals surface area contributed by atoms with Crippen molar-refractivity contribution in [3.05, 3.63) is 53.5 Å². The molecule has 3 rings (SSSR count). The van der Waals surface area contributed by atoms with E-state index in [-0.39, 0.29) is 5.91 Å². The number of benzene rings is 1. The number of anilines is 1. The highest BCUT2D eigenvalue weighted by molar-refractivity contribution is 5.92. The highest BCUT2D eigenvalue weighted by atomic mass is 16.2. The lowest BCUT2D eigenvalue weighted by Crippen LogP contribution is -2.27. The van der Waals surface area contributed by atoms with E-state index in [2.05, 4.69) is 15.3 Å². The van der Waals surface area contributed by atoms with Crippen molar-refractivity contribution in [2.75, 3.05) is 12.4 Å². The van der Waals surface area contributed by atoms with Crippen LogP contribution in [-0.4, -0.2) is 33.9 Å². The van der Waals surface area contributed by atoms with Crippen LogP contribution in [-0.2, 0) is 6.54 Å². The molecule has 2 aromatic rings. The molecule has 1 saturated carbocycles. The number of aryl methyl sites for hydroxylation is 1. The fraction of sp³-hybridized carbons (Fsp3) is 0.421. The van der Waals surface area contributed by atoms with Crippen LogP contribution in [0.3, 0.4) is 0 Å². The predicted octanol–water partition coefficient (Wildman–Crippen LogP) is 3.41. The summed E-state index contributed by atoms with van der Waals surface area (Å²) in [5.41, 5.74) is 1.55.